The third kappa shape index (κ3) is 3.10. The number of anilines is 1. The third-order valence-corrected chi connectivity index (χ3v) is 5.18. The lowest BCUT2D eigenvalue weighted by molar-refractivity contribution is -0.119. The van der Waals surface area contributed by atoms with Gasteiger partial charge >= 0.3 is 0 Å². The molecule has 0 saturated heterocycles. The van der Waals surface area contributed by atoms with Crippen LogP contribution < -0.4 is 10.9 Å². The summed E-state index contributed by atoms with van der Waals surface area (Å²) in [5.41, 5.74) is 1.67. The number of fused-ring (bicyclic) bond motifs is 1. The van der Waals surface area contributed by atoms with E-state index in [1.54, 1.807) is 4.57 Å². The van der Waals surface area contributed by atoms with Crippen molar-refractivity contribution in [2.24, 2.45) is 5.92 Å². The van der Waals surface area contributed by atoms with Crippen molar-refractivity contribution in [1.29, 1.82) is 0 Å². The van der Waals surface area contributed by atoms with Gasteiger partial charge in [0.05, 0.1) is 5.92 Å². The molecule has 1 aromatic carbocycles. The Hall–Kier alpha value is -1.60. The smallest absolute Gasteiger partial charge is 0.254 e. The van der Waals surface area contributed by atoms with Gasteiger partial charge in [0.15, 0.2) is 5.16 Å². The maximum atomic E-state index is 12.5. The Bertz CT molecular complexity index is 791. The van der Waals surface area contributed by atoms with Crippen LogP contribution in [0.25, 0.3) is 0 Å². The molecule has 1 amide bonds. The number of nitrogens with zero attached hydrogens (tertiary/aromatic N) is 2. The number of halogens is 1. The predicted octanol–water partition coefficient (Wildman–Crippen LogP) is 2.67. The summed E-state index contributed by atoms with van der Waals surface area (Å²) in [6.07, 6.45) is 1.51. The Morgan fingerprint density at radius 3 is 3.05 bits per heavy atom. The fourth-order valence-electron chi connectivity index (χ4n) is 2.31. The topological polar surface area (TPSA) is 64.0 Å². The molecule has 2 aromatic rings. The van der Waals surface area contributed by atoms with Gasteiger partial charge in [0.1, 0.15) is 0 Å². The van der Waals surface area contributed by atoms with E-state index in [0.29, 0.717) is 17.5 Å². The second-order valence-electron chi connectivity index (χ2n) is 5.13. The predicted molar refractivity (Wildman–Crippen MR) is 90.2 cm³/mol. The van der Waals surface area contributed by atoms with Gasteiger partial charge in [-0.1, -0.05) is 27.7 Å². The Morgan fingerprint density at radius 2 is 2.27 bits per heavy atom. The molecule has 7 heteroatoms. The number of hydrogen-bond donors (Lipinski definition) is 1. The first-order valence-corrected chi connectivity index (χ1v) is 8.58. The van der Waals surface area contributed by atoms with Crippen LogP contribution in [0.2, 0.25) is 0 Å². The molecule has 1 unspecified atom stereocenters. The number of carbonyl (C=O) groups is 1. The van der Waals surface area contributed by atoms with Crippen molar-refractivity contribution in [3.63, 3.8) is 0 Å². The molecule has 1 aromatic heterocycles. The van der Waals surface area contributed by atoms with Crippen LogP contribution in [0.1, 0.15) is 5.56 Å². The number of benzene rings is 1. The molecular weight excluding hydrogens is 366 g/mol. The number of thioether (sulfide) groups is 1. The molecule has 1 N–H and O–H groups in total. The largest absolute Gasteiger partial charge is 0.326 e. The zero-order valence-corrected chi connectivity index (χ0v) is 14.3. The first-order valence-electron chi connectivity index (χ1n) is 6.80. The maximum absolute atomic E-state index is 12.5. The lowest BCUT2D eigenvalue weighted by atomic mass is 10.1. The van der Waals surface area contributed by atoms with Crippen LogP contribution in [0.15, 0.2) is 44.9 Å². The number of aryl methyl sites for hydroxylation is 1. The Balaban J connectivity index is 1.77. The van der Waals surface area contributed by atoms with Crippen LogP contribution in [0.3, 0.4) is 0 Å². The Morgan fingerprint density at radius 1 is 1.45 bits per heavy atom. The second kappa shape index (κ2) is 6.26. The minimum absolute atomic E-state index is 0.0701. The van der Waals surface area contributed by atoms with E-state index in [1.165, 1.54) is 24.0 Å². The van der Waals surface area contributed by atoms with Crippen LogP contribution in [0.4, 0.5) is 5.69 Å². The summed E-state index contributed by atoms with van der Waals surface area (Å²) in [7, 11) is 0. The van der Waals surface area contributed by atoms with E-state index >= 15 is 0 Å². The quantitative estimate of drug-likeness (QED) is 0.814. The minimum Gasteiger partial charge on any atom is -0.326 e. The van der Waals surface area contributed by atoms with Gasteiger partial charge in [-0.3, -0.25) is 14.2 Å². The lowest BCUT2D eigenvalue weighted by Gasteiger charge is -2.24. The molecular formula is C15H14BrN3O2S. The fourth-order valence-corrected chi connectivity index (χ4v) is 3.85. The van der Waals surface area contributed by atoms with Gasteiger partial charge in [-0.2, -0.15) is 0 Å². The van der Waals surface area contributed by atoms with Crippen molar-refractivity contribution in [2.45, 2.75) is 18.6 Å². The number of rotatable bonds is 2. The number of hydrogen-bond acceptors (Lipinski definition) is 4. The van der Waals surface area contributed by atoms with Gasteiger partial charge in [-0.25, -0.2) is 4.98 Å². The number of nitrogens with one attached hydrogen (secondary N) is 1. The van der Waals surface area contributed by atoms with Crippen LogP contribution in [-0.4, -0.2) is 21.2 Å². The molecule has 1 aliphatic rings. The van der Waals surface area contributed by atoms with Gasteiger partial charge in [-0.15, -0.1) is 0 Å². The Kier molecular flexibility index (Phi) is 4.35. The number of amides is 1. The van der Waals surface area contributed by atoms with Gasteiger partial charge in [0.25, 0.3) is 5.56 Å². The molecule has 22 heavy (non-hydrogen) atoms. The highest BCUT2D eigenvalue weighted by Gasteiger charge is 2.26. The normalized spacial score (nSPS) is 16.9. The van der Waals surface area contributed by atoms with Crippen LogP contribution in [-0.2, 0) is 11.3 Å². The number of carbonyl (C=O) groups excluding carboxylic acids is 1. The third-order valence-electron chi connectivity index (χ3n) is 3.53. The highest BCUT2D eigenvalue weighted by Crippen LogP contribution is 2.26. The fraction of sp³-hybridized carbons (Fsp3) is 0.267. The van der Waals surface area contributed by atoms with Gasteiger partial charge in [0, 0.05) is 34.7 Å². The molecule has 0 fully saturated rings. The molecule has 0 bridgehead atoms. The highest BCUT2D eigenvalue weighted by molar-refractivity contribution is 9.10. The van der Waals surface area contributed by atoms with Crippen molar-refractivity contribution in [3.8, 4) is 0 Å². The summed E-state index contributed by atoms with van der Waals surface area (Å²) in [4.78, 5) is 28.5. The maximum Gasteiger partial charge on any atom is 0.254 e. The molecule has 0 spiro atoms. The van der Waals surface area contributed by atoms with E-state index in [1.807, 2.05) is 25.1 Å². The van der Waals surface area contributed by atoms with Crippen molar-refractivity contribution < 1.29 is 4.79 Å². The zero-order chi connectivity index (χ0) is 15.7. The van der Waals surface area contributed by atoms with Crippen molar-refractivity contribution in [2.75, 3.05) is 11.1 Å². The summed E-state index contributed by atoms with van der Waals surface area (Å²) in [5, 5.41) is 3.63. The zero-order valence-electron chi connectivity index (χ0n) is 11.9. The molecule has 0 saturated carbocycles. The van der Waals surface area contributed by atoms with E-state index in [2.05, 4.69) is 26.2 Å². The monoisotopic (exact) mass is 379 g/mol. The molecule has 0 radical (unpaired) electrons. The minimum atomic E-state index is -0.248. The highest BCUT2D eigenvalue weighted by atomic mass is 79.9. The molecule has 1 aliphatic heterocycles. The number of aromatic nitrogens is 2. The van der Waals surface area contributed by atoms with Crippen LogP contribution in [0, 0.1) is 12.8 Å². The summed E-state index contributed by atoms with van der Waals surface area (Å²) in [6, 6.07) is 7.13. The molecule has 5 nitrogen and oxygen atoms in total. The SMILES string of the molecule is Cc1cc(Br)ccc1NC(=O)C1CSc2nccc(=O)n2C1. The summed E-state index contributed by atoms with van der Waals surface area (Å²) < 4.78 is 2.54. The van der Waals surface area contributed by atoms with E-state index in [-0.39, 0.29) is 17.4 Å². The van der Waals surface area contributed by atoms with Gasteiger partial charge in [0.2, 0.25) is 5.91 Å². The second-order valence-corrected chi connectivity index (χ2v) is 7.04. The van der Waals surface area contributed by atoms with Gasteiger partial charge in [-0.05, 0) is 30.7 Å². The molecule has 2 heterocycles. The standard InChI is InChI=1S/C15H14BrN3O2S/c1-9-6-11(16)2-3-12(9)18-14(21)10-7-19-13(20)4-5-17-15(19)22-8-10/h2-6,10H,7-8H2,1H3,(H,18,21). The summed E-state index contributed by atoms with van der Waals surface area (Å²) >= 11 is 4.84. The molecule has 114 valence electrons. The first-order chi connectivity index (χ1) is 10.5. The first kappa shape index (κ1) is 15.3. The summed E-state index contributed by atoms with van der Waals surface area (Å²) in [6.45, 7) is 2.32. The molecule has 0 aliphatic carbocycles. The molecule has 1 atom stereocenters. The van der Waals surface area contributed by atoms with Gasteiger partial charge < -0.3 is 5.32 Å². The van der Waals surface area contributed by atoms with E-state index in [9.17, 15) is 9.59 Å². The van der Waals surface area contributed by atoms with E-state index < -0.39 is 0 Å². The average Bonchev–Trinajstić information content (AvgIpc) is 2.50. The Labute approximate surface area is 140 Å². The van der Waals surface area contributed by atoms with Crippen LogP contribution in [0.5, 0.6) is 0 Å². The summed E-state index contributed by atoms with van der Waals surface area (Å²) in [5.74, 6) is 0.305. The lowest BCUT2D eigenvalue weighted by Crippen LogP contribution is -2.36. The van der Waals surface area contributed by atoms with Crippen LogP contribution >= 0.6 is 27.7 Å². The van der Waals surface area contributed by atoms with E-state index in [4.69, 9.17) is 0 Å². The molecule has 3 rings (SSSR count). The van der Waals surface area contributed by atoms with Crippen molar-refractivity contribution in [1.82, 2.24) is 9.55 Å². The van der Waals surface area contributed by atoms with Crippen molar-refractivity contribution in [3.05, 3.63) is 50.9 Å². The van der Waals surface area contributed by atoms with E-state index in [0.717, 1.165) is 15.7 Å². The van der Waals surface area contributed by atoms with Crippen molar-refractivity contribution >= 4 is 39.3 Å². The average molecular weight is 380 g/mol.